The fourth-order valence-electron chi connectivity index (χ4n) is 2.20. The van der Waals surface area contributed by atoms with Gasteiger partial charge in [0.1, 0.15) is 5.75 Å². The summed E-state index contributed by atoms with van der Waals surface area (Å²) >= 11 is 19.2. The highest BCUT2D eigenvalue weighted by Gasteiger charge is 2.21. The Morgan fingerprint density at radius 3 is 2.39 bits per heavy atom. The third kappa shape index (κ3) is 4.91. The first kappa shape index (κ1) is 20.8. The van der Waals surface area contributed by atoms with Crippen LogP contribution in [0, 0.1) is 0 Å². The first-order chi connectivity index (χ1) is 13.4. The number of halogens is 3. The molecule has 0 bridgehead atoms. The van der Waals surface area contributed by atoms with E-state index >= 15 is 0 Å². The SMILES string of the molecule is COc1ccc(-c2nnc(SC(C)C(=O)Nc3c(Cl)cc(Cl)cc3Cl)o2)cc1. The number of rotatable bonds is 6. The third-order valence-electron chi connectivity index (χ3n) is 3.65. The maximum atomic E-state index is 12.5. The van der Waals surface area contributed by atoms with E-state index in [0.29, 0.717) is 16.6 Å². The molecule has 0 fully saturated rings. The second-order valence-electron chi connectivity index (χ2n) is 5.60. The minimum Gasteiger partial charge on any atom is -0.497 e. The lowest BCUT2D eigenvalue weighted by molar-refractivity contribution is -0.115. The largest absolute Gasteiger partial charge is 0.497 e. The molecule has 1 unspecified atom stereocenters. The Labute approximate surface area is 180 Å². The second kappa shape index (κ2) is 9.05. The molecule has 3 aromatic rings. The highest BCUT2D eigenvalue weighted by atomic mass is 35.5. The molecule has 28 heavy (non-hydrogen) atoms. The van der Waals surface area contributed by atoms with Crippen LogP contribution in [0.25, 0.3) is 11.5 Å². The number of nitrogens with zero attached hydrogens (tertiary/aromatic N) is 2. The number of hydrogen-bond acceptors (Lipinski definition) is 6. The van der Waals surface area contributed by atoms with Gasteiger partial charge in [-0.1, -0.05) is 46.6 Å². The molecule has 1 atom stereocenters. The number of methoxy groups -OCH3 is 1. The molecule has 1 heterocycles. The maximum absolute atomic E-state index is 12.5. The molecule has 0 aliphatic rings. The van der Waals surface area contributed by atoms with E-state index in [1.54, 1.807) is 26.2 Å². The fraction of sp³-hybridized carbons (Fsp3) is 0.167. The van der Waals surface area contributed by atoms with Crippen LogP contribution < -0.4 is 10.1 Å². The van der Waals surface area contributed by atoms with Crippen LogP contribution in [-0.2, 0) is 4.79 Å². The Bertz CT molecular complexity index is 972. The topological polar surface area (TPSA) is 77.2 Å². The Morgan fingerprint density at radius 2 is 1.79 bits per heavy atom. The van der Waals surface area contributed by atoms with Gasteiger partial charge in [-0.3, -0.25) is 4.79 Å². The molecule has 0 radical (unpaired) electrons. The Hall–Kier alpha value is -1.93. The van der Waals surface area contributed by atoms with Gasteiger partial charge in [-0.05, 0) is 43.3 Å². The first-order valence-electron chi connectivity index (χ1n) is 7.97. The van der Waals surface area contributed by atoms with E-state index in [1.807, 2.05) is 12.1 Å². The number of carbonyl (C=O) groups excluding carboxylic acids is 1. The smallest absolute Gasteiger partial charge is 0.277 e. The van der Waals surface area contributed by atoms with Crippen LogP contribution in [0.1, 0.15) is 6.92 Å². The van der Waals surface area contributed by atoms with Gasteiger partial charge < -0.3 is 14.5 Å². The van der Waals surface area contributed by atoms with E-state index in [4.69, 9.17) is 44.0 Å². The summed E-state index contributed by atoms with van der Waals surface area (Å²) in [6, 6.07) is 10.2. The van der Waals surface area contributed by atoms with Crippen LogP contribution in [0.2, 0.25) is 15.1 Å². The van der Waals surface area contributed by atoms with Crippen molar-refractivity contribution in [3.8, 4) is 17.2 Å². The summed E-state index contributed by atoms with van der Waals surface area (Å²) in [6.45, 7) is 1.70. The van der Waals surface area contributed by atoms with Crippen LogP contribution in [-0.4, -0.2) is 28.5 Å². The molecule has 1 N–H and O–H groups in total. The predicted octanol–water partition coefficient (Wildman–Crippen LogP) is 5.82. The Balaban J connectivity index is 1.67. The van der Waals surface area contributed by atoms with Crippen LogP contribution >= 0.6 is 46.6 Å². The highest BCUT2D eigenvalue weighted by molar-refractivity contribution is 8.00. The molecule has 1 aromatic heterocycles. The second-order valence-corrected chi connectivity index (χ2v) is 8.14. The molecule has 0 spiro atoms. The minimum atomic E-state index is -0.535. The van der Waals surface area contributed by atoms with E-state index in [1.165, 1.54) is 12.1 Å². The Kier molecular flexibility index (Phi) is 6.72. The van der Waals surface area contributed by atoms with Crippen molar-refractivity contribution in [2.75, 3.05) is 12.4 Å². The van der Waals surface area contributed by atoms with Gasteiger partial charge in [0.05, 0.1) is 28.1 Å². The average Bonchev–Trinajstić information content (AvgIpc) is 3.13. The molecule has 146 valence electrons. The van der Waals surface area contributed by atoms with Crippen molar-refractivity contribution in [1.82, 2.24) is 10.2 Å². The Morgan fingerprint density at radius 1 is 1.14 bits per heavy atom. The molecule has 1 amide bonds. The summed E-state index contributed by atoms with van der Waals surface area (Å²) in [6.07, 6.45) is 0. The van der Waals surface area contributed by atoms with Crippen LogP contribution in [0.5, 0.6) is 5.75 Å². The number of benzene rings is 2. The van der Waals surface area contributed by atoms with Crippen LogP contribution in [0.15, 0.2) is 46.0 Å². The molecular formula is C18H14Cl3N3O3S. The molecule has 6 nitrogen and oxygen atoms in total. The predicted molar refractivity (Wildman–Crippen MR) is 112 cm³/mol. The standard InChI is InChI=1S/C18H14Cl3N3O3S/c1-9(16(25)22-15-13(20)7-11(19)8-14(15)21)28-18-24-23-17(27-18)10-3-5-12(26-2)6-4-10/h3-9H,1-2H3,(H,22,25). The zero-order valence-corrected chi connectivity index (χ0v) is 17.8. The number of thioether (sulfide) groups is 1. The summed E-state index contributed by atoms with van der Waals surface area (Å²) in [5.41, 5.74) is 1.05. The molecule has 10 heteroatoms. The van der Waals surface area contributed by atoms with Crippen molar-refractivity contribution in [1.29, 1.82) is 0 Å². The number of anilines is 1. The van der Waals surface area contributed by atoms with Crippen molar-refractivity contribution in [2.24, 2.45) is 0 Å². The van der Waals surface area contributed by atoms with Crippen molar-refractivity contribution < 1.29 is 13.9 Å². The summed E-state index contributed by atoms with van der Waals surface area (Å²) in [4.78, 5) is 12.5. The molecule has 0 aliphatic heterocycles. The average molecular weight is 459 g/mol. The summed E-state index contributed by atoms with van der Waals surface area (Å²) < 4.78 is 10.7. The van der Waals surface area contributed by atoms with Gasteiger partial charge in [0, 0.05) is 10.6 Å². The lowest BCUT2D eigenvalue weighted by Gasteiger charge is -2.12. The third-order valence-corrected chi connectivity index (χ3v) is 5.39. The van der Waals surface area contributed by atoms with Gasteiger partial charge in [-0.25, -0.2) is 0 Å². The normalized spacial score (nSPS) is 11.9. The molecule has 0 saturated carbocycles. The van der Waals surface area contributed by atoms with Gasteiger partial charge in [0.25, 0.3) is 5.22 Å². The number of nitrogens with one attached hydrogen (secondary N) is 1. The molecule has 2 aromatic carbocycles. The number of carbonyl (C=O) groups is 1. The van der Waals surface area contributed by atoms with Gasteiger partial charge >= 0.3 is 0 Å². The fourth-order valence-corrected chi connectivity index (χ4v) is 3.79. The van der Waals surface area contributed by atoms with E-state index in [0.717, 1.165) is 23.1 Å². The van der Waals surface area contributed by atoms with Gasteiger partial charge in [-0.15, -0.1) is 10.2 Å². The number of hydrogen-bond donors (Lipinski definition) is 1. The summed E-state index contributed by atoms with van der Waals surface area (Å²) in [5.74, 6) is 0.754. The van der Waals surface area contributed by atoms with Gasteiger partial charge in [0.2, 0.25) is 11.8 Å². The maximum Gasteiger partial charge on any atom is 0.277 e. The van der Waals surface area contributed by atoms with Crippen LogP contribution in [0.3, 0.4) is 0 Å². The van der Waals surface area contributed by atoms with Crippen molar-refractivity contribution in [3.05, 3.63) is 51.5 Å². The zero-order valence-electron chi connectivity index (χ0n) is 14.7. The van der Waals surface area contributed by atoms with Gasteiger partial charge in [-0.2, -0.15) is 0 Å². The minimum absolute atomic E-state index is 0.252. The van der Waals surface area contributed by atoms with Crippen molar-refractivity contribution in [3.63, 3.8) is 0 Å². The van der Waals surface area contributed by atoms with Gasteiger partial charge in [0.15, 0.2) is 0 Å². The first-order valence-corrected chi connectivity index (χ1v) is 9.98. The highest BCUT2D eigenvalue weighted by Crippen LogP contribution is 2.34. The quantitative estimate of drug-likeness (QED) is 0.469. The molecule has 3 rings (SSSR count). The molecule has 0 aliphatic carbocycles. The number of ether oxygens (including phenoxy) is 1. The van der Waals surface area contributed by atoms with Crippen molar-refractivity contribution >= 4 is 58.2 Å². The van der Waals surface area contributed by atoms with E-state index in [-0.39, 0.29) is 21.2 Å². The lowest BCUT2D eigenvalue weighted by Crippen LogP contribution is -2.22. The summed E-state index contributed by atoms with van der Waals surface area (Å²) in [7, 11) is 1.59. The monoisotopic (exact) mass is 457 g/mol. The number of aromatic nitrogens is 2. The summed E-state index contributed by atoms with van der Waals surface area (Å²) in [5, 5.41) is 11.3. The van der Waals surface area contributed by atoms with Crippen LogP contribution in [0.4, 0.5) is 5.69 Å². The molecular weight excluding hydrogens is 445 g/mol. The molecule has 0 saturated heterocycles. The van der Waals surface area contributed by atoms with Crippen molar-refractivity contribution in [2.45, 2.75) is 17.4 Å². The van der Waals surface area contributed by atoms with E-state index < -0.39 is 5.25 Å². The van der Waals surface area contributed by atoms with E-state index in [2.05, 4.69) is 15.5 Å². The van der Waals surface area contributed by atoms with E-state index in [9.17, 15) is 4.79 Å². The number of amides is 1. The lowest BCUT2D eigenvalue weighted by atomic mass is 10.2. The zero-order chi connectivity index (χ0) is 20.3.